The number of likely N-dealkylation sites (tertiary alicyclic amines) is 1. The van der Waals surface area contributed by atoms with Crippen molar-refractivity contribution >= 4 is 11.5 Å². The second-order valence-corrected chi connectivity index (χ2v) is 4.39. The van der Waals surface area contributed by atoms with E-state index in [1.54, 1.807) is 12.3 Å². The zero-order chi connectivity index (χ0) is 12.3. The summed E-state index contributed by atoms with van der Waals surface area (Å²) in [5, 5.41) is 12.1. The van der Waals surface area contributed by atoms with Crippen LogP contribution < -0.4 is 11.1 Å². The van der Waals surface area contributed by atoms with Gasteiger partial charge in [0, 0.05) is 18.8 Å². The molecule has 1 atom stereocenters. The Morgan fingerprint density at radius 1 is 1.71 bits per heavy atom. The van der Waals surface area contributed by atoms with E-state index < -0.39 is 0 Å². The van der Waals surface area contributed by atoms with Crippen LogP contribution in [0.3, 0.4) is 0 Å². The molecule has 0 aliphatic carbocycles. The van der Waals surface area contributed by atoms with Gasteiger partial charge in [-0.3, -0.25) is 0 Å². The van der Waals surface area contributed by atoms with E-state index in [0.717, 1.165) is 13.1 Å². The molecule has 1 aliphatic heterocycles. The number of nitrogens with one attached hydrogen (secondary N) is 1. The Labute approximate surface area is 101 Å². The smallest absolute Gasteiger partial charge is 0.150 e. The van der Waals surface area contributed by atoms with Crippen LogP contribution in [-0.2, 0) is 0 Å². The van der Waals surface area contributed by atoms with Crippen LogP contribution in [0.15, 0.2) is 12.3 Å². The Hall–Kier alpha value is -1.80. The van der Waals surface area contributed by atoms with Crippen molar-refractivity contribution in [1.29, 1.82) is 5.26 Å². The highest BCUT2D eigenvalue weighted by atomic mass is 15.2. The van der Waals surface area contributed by atoms with E-state index in [-0.39, 0.29) is 0 Å². The third kappa shape index (κ3) is 2.48. The highest BCUT2D eigenvalue weighted by Gasteiger charge is 2.20. The highest BCUT2D eigenvalue weighted by molar-refractivity contribution is 5.68. The van der Waals surface area contributed by atoms with Crippen LogP contribution in [0.5, 0.6) is 0 Å². The second kappa shape index (κ2) is 5.02. The van der Waals surface area contributed by atoms with Gasteiger partial charge in [-0.25, -0.2) is 4.98 Å². The Balaban J connectivity index is 2.02. The third-order valence-electron chi connectivity index (χ3n) is 3.29. The summed E-state index contributed by atoms with van der Waals surface area (Å²) in [6, 6.07) is 4.21. The van der Waals surface area contributed by atoms with Crippen LogP contribution in [0.2, 0.25) is 0 Å². The topological polar surface area (TPSA) is 78.0 Å². The molecular weight excluding hydrogens is 214 g/mol. The maximum absolute atomic E-state index is 8.87. The van der Waals surface area contributed by atoms with E-state index in [2.05, 4.69) is 28.3 Å². The van der Waals surface area contributed by atoms with Crippen molar-refractivity contribution < 1.29 is 0 Å². The van der Waals surface area contributed by atoms with E-state index in [4.69, 9.17) is 11.0 Å². The van der Waals surface area contributed by atoms with Gasteiger partial charge in [0.1, 0.15) is 6.07 Å². The van der Waals surface area contributed by atoms with Gasteiger partial charge in [-0.05, 0) is 32.5 Å². The summed E-state index contributed by atoms with van der Waals surface area (Å²) in [7, 11) is 2.13. The van der Waals surface area contributed by atoms with Gasteiger partial charge >= 0.3 is 0 Å². The van der Waals surface area contributed by atoms with Gasteiger partial charge in [-0.15, -0.1) is 0 Å². The minimum atomic E-state index is 0.440. The fourth-order valence-corrected chi connectivity index (χ4v) is 2.16. The molecule has 1 unspecified atom stereocenters. The number of anilines is 2. The molecular formula is C12H17N5. The van der Waals surface area contributed by atoms with E-state index in [1.165, 1.54) is 12.8 Å². The van der Waals surface area contributed by atoms with Crippen LogP contribution in [-0.4, -0.2) is 36.1 Å². The Kier molecular flexibility index (Phi) is 3.45. The monoisotopic (exact) mass is 231 g/mol. The lowest BCUT2D eigenvalue weighted by Gasteiger charge is -2.20. The van der Waals surface area contributed by atoms with Gasteiger partial charge in [0.05, 0.1) is 11.3 Å². The van der Waals surface area contributed by atoms with Crippen molar-refractivity contribution in [2.24, 2.45) is 0 Å². The number of nitrogen functional groups attached to an aromatic ring is 1. The molecule has 1 aromatic rings. The minimum Gasteiger partial charge on any atom is -0.395 e. The fraction of sp³-hybridized carbons (Fsp3) is 0.500. The number of pyridine rings is 1. The van der Waals surface area contributed by atoms with E-state index in [9.17, 15) is 0 Å². The van der Waals surface area contributed by atoms with Gasteiger partial charge in [-0.2, -0.15) is 5.26 Å². The van der Waals surface area contributed by atoms with E-state index in [0.29, 0.717) is 23.1 Å². The lowest BCUT2D eigenvalue weighted by molar-refractivity contribution is 0.322. The van der Waals surface area contributed by atoms with Crippen LogP contribution in [0.4, 0.5) is 11.5 Å². The highest BCUT2D eigenvalue weighted by Crippen LogP contribution is 2.20. The normalized spacial score (nSPS) is 20.1. The molecule has 5 heteroatoms. The number of hydrogen-bond acceptors (Lipinski definition) is 5. The summed E-state index contributed by atoms with van der Waals surface area (Å²) in [6.45, 7) is 1.97. The van der Waals surface area contributed by atoms with E-state index >= 15 is 0 Å². The summed E-state index contributed by atoms with van der Waals surface area (Å²) < 4.78 is 0. The summed E-state index contributed by atoms with van der Waals surface area (Å²) in [5.74, 6) is 0.615. The van der Waals surface area contributed by atoms with Crippen molar-refractivity contribution in [1.82, 2.24) is 9.88 Å². The van der Waals surface area contributed by atoms with Crippen molar-refractivity contribution in [3.8, 4) is 6.07 Å². The molecule has 17 heavy (non-hydrogen) atoms. The zero-order valence-corrected chi connectivity index (χ0v) is 9.98. The Bertz CT molecular complexity index is 437. The quantitative estimate of drug-likeness (QED) is 0.812. The molecule has 1 saturated heterocycles. The molecule has 0 radical (unpaired) electrons. The predicted molar refractivity (Wildman–Crippen MR) is 67.5 cm³/mol. The number of aromatic nitrogens is 1. The number of nitriles is 1. The average Bonchev–Trinajstić information content (AvgIpc) is 2.74. The van der Waals surface area contributed by atoms with Gasteiger partial charge in [0.2, 0.25) is 0 Å². The SMILES string of the molecule is CN1CCCC1CNc1nccc(C#N)c1N. The lowest BCUT2D eigenvalue weighted by atomic mass is 10.2. The maximum Gasteiger partial charge on any atom is 0.150 e. The first-order chi connectivity index (χ1) is 8.22. The lowest BCUT2D eigenvalue weighted by Crippen LogP contribution is -2.31. The first-order valence-corrected chi connectivity index (χ1v) is 5.81. The van der Waals surface area contributed by atoms with Crippen molar-refractivity contribution in [3.63, 3.8) is 0 Å². The molecule has 1 aromatic heterocycles. The second-order valence-electron chi connectivity index (χ2n) is 4.39. The molecule has 0 saturated carbocycles. The molecule has 0 spiro atoms. The van der Waals surface area contributed by atoms with Crippen LogP contribution in [0, 0.1) is 11.3 Å². The fourth-order valence-electron chi connectivity index (χ4n) is 2.16. The standard InChI is InChI=1S/C12H17N5/c1-17-6-2-3-10(17)8-16-12-11(14)9(7-13)4-5-15-12/h4-5,10H,2-3,6,8,14H2,1H3,(H,15,16). The third-order valence-corrected chi connectivity index (χ3v) is 3.29. The summed E-state index contributed by atoms with van der Waals surface area (Å²) >= 11 is 0. The first-order valence-electron chi connectivity index (χ1n) is 5.81. The van der Waals surface area contributed by atoms with Gasteiger partial charge in [0.25, 0.3) is 0 Å². The molecule has 0 amide bonds. The Morgan fingerprint density at radius 2 is 2.53 bits per heavy atom. The maximum atomic E-state index is 8.87. The van der Waals surface area contributed by atoms with Gasteiger partial charge < -0.3 is 16.0 Å². The number of nitrogens with two attached hydrogens (primary N) is 1. The van der Waals surface area contributed by atoms with Gasteiger partial charge in [0.15, 0.2) is 5.82 Å². The first kappa shape index (κ1) is 11.7. The summed E-state index contributed by atoms with van der Waals surface area (Å²) in [5.41, 5.74) is 6.77. The van der Waals surface area contributed by atoms with Crippen molar-refractivity contribution in [2.75, 3.05) is 31.2 Å². The number of hydrogen-bond donors (Lipinski definition) is 2. The molecule has 2 rings (SSSR count). The van der Waals surface area contributed by atoms with E-state index in [1.807, 2.05) is 0 Å². The largest absolute Gasteiger partial charge is 0.395 e. The van der Waals surface area contributed by atoms with Crippen LogP contribution in [0.25, 0.3) is 0 Å². The van der Waals surface area contributed by atoms with Crippen molar-refractivity contribution in [2.45, 2.75) is 18.9 Å². The molecule has 0 bridgehead atoms. The van der Waals surface area contributed by atoms with Crippen LogP contribution in [0.1, 0.15) is 18.4 Å². The molecule has 3 N–H and O–H groups in total. The number of likely N-dealkylation sites (N-methyl/N-ethyl adjacent to an activating group) is 1. The summed E-state index contributed by atoms with van der Waals surface area (Å²) in [6.07, 6.45) is 4.04. The van der Waals surface area contributed by atoms with Crippen molar-refractivity contribution in [3.05, 3.63) is 17.8 Å². The molecule has 1 aliphatic rings. The minimum absolute atomic E-state index is 0.440. The molecule has 90 valence electrons. The molecule has 1 fully saturated rings. The van der Waals surface area contributed by atoms with Crippen LogP contribution >= 0.6 is 0 Å². The van der Waals surface area contributed by atoms with Gasteiger partial charge in [-0.1, -0.05) is 0 Å². The Morgan fingerprint density at radius 3 is 3.18 bits per heavy atom. The summed E-state index contributed by atoms with van der Waals surface area (Å²) in [4.78, 5) is 6.50. The molecule has 5 nitrogen and oxygen atoms in total. The predicted octanol–water partition coefficient (Wildman–Crippen LogP) is 1.04. The molecule has 2 heterocycles. The number of nitrogens with zero attached hydrogens (tertiary/aromatic N) is 3. The molecule has 0 aromatic carbocycles. The average molecular weight is 231 g/mol. The number of rotatable bonds is 3. The zero-order valence-electron chi connectivity index (χ0n) is 9.98.